The fourth-order valence-electron chi connectivity index (χ4n) is 4.94. The molecule has 4 rings (SSSR count). The molecule has 3 fully saturated rings. The lowest BCUT2D eigenvalue weighted by Crippen LogP contribution is -2.50. The van der Waals surface area contributed by atoms with Gasteiger partial charge in [0.25, 0.3) is 0 Å². The molecule has 0 aromatic carbocycles. The molecule has 1 aromatic heterocycles. The highest BCUT2D eigenvalue weighted by Crippen LogP contribution is 2.38. The number of hydrogen-bond acceptors (Lipinski definition) is 4. The van der Waals surface area contributed by atoms with Crippen molar-refractivity contribution < 1.29 is 9.53 Å². The first-order valence-electron chi connectivity index (χ1n) is 10.3. The number of carbonyl (C=O) groups is 1. The predicted octanol–water partition coefficient (Wildman–Crippen LogP) is 2.51. The summed E-state index contributed by atoms with van der Waals surface area (Å²) in [6.45, 7) is 6.22. The van der Waals surface area contributed by atoms with Gasteiger partial charge < -0.3 is 14.5 Å². The summed E-state index contributed by atoms with van der Waals surface area (Å²) in [6.07, 6.45) is 11.0. The molecule has 5 heteroatoms. The number of piperidine rings is 1. The van der Waals surface area contributed by atoms with Crippen LogP contribution in [0.3, 0.4) is 0 Å². The van der Waals surface area contributed by atoms with Crippen LogP contribution in [0, 0.1) is 5.92 Å². The Bertz CT molecular complexity index is 603. The molecule has 1 aromatic rings. The van der Waals surface area contributed by atoms with Crippen molar-refractivity contribution in [3.8, 4) is 0 Å². The molecule has 1 amide bonds. The minimum atomic E-state index is -0.0768. The van der Waals surface area contributed by atoms with Crippen molar-refractivity contribution in [2.75, 3.05) is 39.3 Å². The minimum Gasteiger partial charge on any atom is -0.373 e. The van der Waals surface area contributed by atoms with E-state index in [-0.39, 0.29) is 11.5 Å². The number of aromatic nitrogens is 1. The van der Waals surface area contributed by atoms with Crippen LogP contribution in [-0.2, 0) is 16.0 Å². The Kier molecular flexibility index (Phi) is 5.55. The number of amides is 1. The fraction of sp³-hybridized carbons (Fsp3) is 0.714. The van der Waals surface area contributed by atoms with E-state index in [1.807, 2.05) is 18.3 Å². The summed E-state index contributed by atoms with van der Waals surface area (Å²) in [7, 11) is 0. The van der Waals surface area contributed by atoms with E-state index >= 15 is 0 Å². The largest absolute Gasteiger partial charge is 0.373 e. The second-order valence-corrected chi connectivity index (χ2v) is 8.35. The van der Waals surface area contributed by atoms with Gasteiger partial charge in [0.1, 0.15) is 0 Å². The van der Waals surface area contributed by atoms with Crippen LogP contribution in [0.4, 0.5) is 0 Å². The van der Waals surface area contributed by atoms with Crippen LogP contribution in [0.25, 0.3) is 0 Å². The Morgan fingerprint density at radius 2 is 2.15 bits per heavy atom. The molecule has 4 heterocycles. The first-order valence-corrected chi connectivity index (χ1v) is 10.3. The van der Waals surface area contributed by atoms with Gasteiger partial charge in [-0.2, -0.15) is 0 Å². The van der Waals surface area contributed by atoms with Gasteiger partial charge in [0, 0.05) is 38.4 Å². The second kappa shape index (κ2) is 8.05. The van der Waals surface area contributed by atoms with Crippen molar-refractivity contribution in [3.63, 3.8) is 0 Å². The zero-order chi connectivity index (χ0) is 17.8. The zero-order valence-corrected chi connectivity index (χ0v) is 15.7. The topological polar surface area (TPSA) is 45.7 Å². The van der Waals surface area contributed by atoms with E-state index in [2.05, 4.69) is 14.8 Å². The van der Waals surface area contributed by atoms with Gasteiger partial charge in [-0.3, -0.25) is 9.78 Å². The highest BCUT2D eigenvalue weighted by molar-refractivity contribution is 5.76. The molecule has 0 N–H and O–H groups in total. The monoisotopic (exact) mass is 357 g/mol. The maximum Gasteiger partial charge on any atom is 0.223 e. The standard InChI is InChI=1S/C21H31N3O2/c25-20(7-6-18-5-3-9-22-14-18)24-12-4-8-21(17-24)13-19(16-26-21)15-23-10-1-2-11-23/h3,5,9,14,19H,1-2,4,6-8,10-13,15-17H2. The third-order valence-electron chi connectivity index (χ3n) is 6.24. The maximum atomic E-state index is 12.7. The molecule has 3 saturated heterocycles. The summed E-state index contributed by atoms with van der Waals surface area (Å²) in [5.41, 5.74) is 1.06. The van der Waals surface area contributed by atoms with Crippen LogP contribution in [0.15, 0.2) is 24.5 Å². The molecular weight excluding hydrogens is 326 g/mol. The Balaban J connectivity index is 1.28. The lowest BCUT2D eigenvalue weighted by molar-refractivity contribution is -0.139. The van der Waals surface area contributed by atoms with E-state index in [1.54, 1.807) is 6.20 Å². The molecule has 3 aliphatic heterocycles. The first kappa shape index (κ1) is 17.9. The molecule has 0 saturated carbocycles. The van der Waals surface area contributed by atoms with E-state index in [9.17, 15) is 4.79 Å². The van der Waals surface area contributed by atoms with Gasteiger partial charge >= 0.3 is 0 Å². The Hall–Kier alpha value is -1.46. The third kappa shape index (κ3) is 4.26. The number of hydrogen-bond donors (Lipinski definition) is 0. The van der Waals surface area contributed by atoms with Gasteiger partial charge in [-0.05, 0) is 69.2 Å². The quantitative estimate of drug-likeness (QED) is 0.812. The van der Waals surface area contributed by atoms with Crippen LogP contribution >= 0.6 is 0 Å². The highest BCUT2D eigenvalue weighted by atomic mass is 16.5. The summed E-state index contributed by atoms with van der Waals surface area (Å²) in [4.78, 5) is 21.5. The summed E-state index contributed by atoms with van der Waals surface area (Å²) >= 11 is 0. The van der Waals surface area contributed by atoms with Crippen molar-refractivity contribution in [2.24, 2.45) is 5.92 Å². The number of ether oxygens (including phenoxy) is 1. The van der Waals surface area contributed by atoms with Crippen LogP contribution < -0.4 is 0 Å². The molecule has 0 radical (unpaired) electrons. The molecule has 2 atom stereocenters. The van der Waals surface area contributed by atoms with Crippen LogP contribution in [-0.4, -0.2) is 65.6 Å². The fourth-order valence-corrected chi connectivity index (χ4v) is 4.94. The molecule has 142 valence electrons. The van der Waals surface area contributed by atoms with Gasteiger partial charge in [-0.25, -0.2) is 0 Å². The molecule has 26 heavy (non-hydrogen) atoms. The van der Waals surface area contributed by atoms with Gasteiger partial charge in [0.05, 0.1) is 12.2 Å². The number of carbonyl (C=O) groups excluding carboxylic acids is 1. The predicted molar refractivity (Wildman–Crippen MR) is 101 cm³/mol. The summed E-state index contributed by atoms with van der Waals surface area (Å²) in [5.74, 6) is 0.901. The number of pyridine rings is 1. The average Bonchev–Trinajstić information content (AvgIpc) is 3.31. The van der Waals surface area contributed by atoms with E-state index < -0.39 is 0 Å². The third-order valence-corrected chi connectivity index (χ3v) is 6.24. The molecule has 0 aliphatic carbocycles. The number of rotatable bonds is 5. The van der Waals surface area contributed by atoms with E-state index in [4.69, 9.17) is 4.74 Å². The number of nitrogens with zero attached hydrogens (tertiary/aromatic N) is 3. The average molecular weight is 357 g/mol. The lowest BCUT2D eigenvalue weighted by atomic mass is 9.86. The SMILES string of the molecule is O=C(CCc1cccnc1)N1CCCC2(CC(CN3CCCC3)CO2)C1. The van der Waals surface area contributed by atoms with Crippen molar-refractivity contribution in [1.82, 2.24) is 14.8 Å². The summed E-state index contributed by atoms with van der Waals surface area (Å²) in [5, 5.41) is 0. The van der Waals surface area contributed by atoms with Crippen LogP contribution in [0.1, 0.15) is 44.1 Å². The van der Waals surface area contributed by atoms with Gasteiger partial charge in [0.2, 0.25) is 5.91 Å². The second-order valence-electron chi connectivity index (χ2n) is 8.35. The molecule has 3 aliphatic rings. The van der Waals surface area contributed by atoms with Crippen molar-refractivity contribution >= 4 is 5.91 Å². The van der Waals surface area contributed by atoms with Crippen molar-refractivity contribution in [1.29, 1.82) is 0 Å². The Morgan fingerprint density at radius 3 is 2.96 bits per heavy atom. The number of aryl methyl sites for hydroxylation is 1. The Labute approximate surface area is 156 Å². The molecule has 5 nitrogen and oxygen atoms in total. The van der Waals surface area contributed by atoms with Gasteiger partial charge in [0.15, 0.2) is 0 Å². The first-order chi connectivity index (χ1) is 12.7. The lowest BCUT2D eigenvalue weighted by Gasteiger charge is -2.40. The molecule has 0 bridgehead atoms. The zero-order valence-electron chi connectivity index (χ0n) is 15.7. The van der Waals surface area contributed by atoms with Crippen LogP contribution in [0.2, 0.25) is 0 Å². The van der Waals surface area contributed by atoms with Crippen LogP contribution in [0.5, 0.6) is 0 Å². The summed E-state index contributed by atoms with van der Waals surface area (Å²) in [6, 6.07) is 3.98. The van der Waals surface area contributed by atoms with Gasteiger partial charge in [-0.15, -0.1) is 0 Å². The van der Waals surface area contributed by atoms with Crippen molar-refractivity contribution in [3.05, 3.63) is 30.1 Å². The minimum absolute atomic E-state index is 0.0768. The van der Waals surface area contributed by atoms with E-state index in [0.29, 0.717) is 12.3 Å². The Morgan fingerprint density at radius 1 is 1.27 bits per heavy atom. The highest BCUT2D eigenvalue weighted by Gasteiger charge is 2.44. The molecule has 2 unspecified atom stereocenters. The number of likely N-dealkylation sites (tertiary alicyclic amines) is 2. The molecular formula is C21H31N3O2. The van der Waals surface area contributed by atoms with E-state index in [0.717, 1.165) is 50.9 Å². The van der Waals surface area contributed by atoms with Crippen molar-refractivity contribution in [2.45, 2.75) is 50.5 Å². The normalized spacial score (nSPS) is 29.5. The smallest absolute Gasteiger partial charge is 0.223 e. The van der Waals surface area contributed by atoms with E-state index in [1.165, 1.54) is 32.5 Å². The maximum absolute atomic E-state index is 12.7. The molecule has 1 spiro atoms. The van der Waals surface area contributed by atoms with Gasteiger partial charge in [-0.1, -0.05) is 6.07 Å². The summed E-state index contributed by atoms with van der Waals surface area (Å²) < 4.78 is 6.32.